The number of hydrogen-bond donors (Lipinski definition) is 2. The maximum absolute atomic E-state index is 11.5. The topological polar surface area (TPSA) is 61.6 Å². The Morgan fingerprint density at radius 3 is 2.44 bits per heavy atom. The van der Waals surface area contributed by atoms with Gasteiger partial charge in [0.05, 0.1) is 11.0 Å². The first kappa shape index (κ1) is 13.3. The van der Waals surface area contributed by atoms with Gasteiger partial charge < -0.3 is 11.1 Å². The average molecular weight is 244 g/mol. The number of carbonyl (C=O) groups excluding carboxylic acids is 1. The summed E-state index contributed by atoms with van der Waals surface area (Å²) in [4.78, 5) is 16.4. The molecule has 1 unspecified atom stereocenters. The van der Waals surface area contributed by atoms with E-state index in [9.17, 15) is 4.79 Å². The molecule has 1 amide bonds. The number of nitrogens with one attached hydrogen (secondary N) is 1. The molecule has 0 saturated carbocycles. The van der Waals surface area contributed by atoms with Crippen molar-refractivity contribution in [2.45, 2.75) is 13.0 Å². The summed E-state index contributed by atoms with van der Waals surface area (Å²) in [5.74, 6) is 0.0720. The zero-order valence-electron chi connectivity index (χ0n) is 9.90. The third kappa shape index (κ3) is 3.70. The summed E-state index contributed by atoms with van der Waals surface area (Å²) in [7, 11) is 1.67. The number of carbonyl (C=O) groups is 1. The molecular weight excluding hydrogens is 224 g/mol. The Kier molecular flexibility index (Phi) is 5.11. The quantitative estimate of drug-likeness (QED) is 0.623. The van der Waals surface area contributed by atoms with E-state index in [0.29, 0.717) is 11.5 Å². The molecule has 1 aliphatic heterocycles. The molecule has 0 aromatic heterocycles. The van der Waals surface area contributed by atoms with Crippen molar-refractivity contribution in [1.82, 2.24) is 15.1 Å². The van der Waals surface area contributed by atoms with E-state index in [1.54, 1.807) is 7.05 Å². The largest absolute Gasteiger partial charge is 0.392 e. The fourth-order valence-corrected chi connectivity index (χ4v) is 2.09. The summed E-state index contributed by atoms with van der Waals surface area (Å²) in [6.45, 7) is 6.21. The van der Waals surface area contributed by atoms with E-state index < -0.39 is 0 Å². The van der Waals surface area contributed by atoms with Gasteiger partial charge in [-0.15, -0.1) is 0 Å². The molecule has 1 aliphatic rings. The van der Waals surface area contributed by atoms with Gasteiger partial charge in [-0.05, 0) is 6.92 Å². The van der Waals surface area contributed by atoms with Gasteiger partial charge in [-0.3, -0.25) is 14.6 Å². The van der Waals surface area contributed by atoms with E-state index in [0.717, 1.165) is 26.2 Å². The molecule has 1 rings (SSSR count). The zero-order valence-corrected chi connectivity index (χ0v) is 10.7. The Bertz CT molecular complexity index is 264. The Morgan fingerprint density at radius 1 is 1.44 bits per heavy atom. The molecule has 0 spiro atoms. The molecule has 0 bridgehead atoms. The van der Waals surface area contributed by atoms with Gasteiger partial charge in [-0.1, -0.05) is 12.2 Å². The first-order valence-corrected chi connectivity index (χ1v) is 5.91. The van der Waals surface area contributed by atoms with Crippen LogP contribution in [0.25, 0.3) is 0 Å². The maximum Gasteiger partial charge on any atom is 0.236 e. The highest BCUT2D eigenvalue weighted by Gasteiger charge is 2.24. The van der Waals surface area contributed by atoms with Crippen molar-refractivity contribution in [1.29, 1.82) is 0 Å². The SMILES string of the molecule is CNC(=O)C(C)N1CCN(CC(N)=S)CC1. The third-order valence-corrected chi connectivity index (χ3v) is 3.09. The van der Waals surface area contributed by atoms with Gasteiger partial charge in [0.25, 0.3) is 0 Å². The van der Waals surface area contributed by atoms with Crippen molar-refractivity contribution in [2.24, 2.45) is 5.73 Å². The lowest BCUT2D eigenvalue weighted by Crippen LogP contribution is -2.54. The second-order valence-corrected chi connectivity index (χ2v) is 4.59. The number of nitrogens with two attached hydrogens (primary N) is 1. The van der Waals surface area contributed by atoms with Crippen LogP contribution in [-0.4, -0.2) is 66.5 Å². The molecule has 3 N–H and O–H groups in total. The molecule has 6 heteroatoms. The molecule has 92 valence electrons. The predicted molar refractivity (Wildman–Crippen MR) is 68.3 cm³/mol. The van der Waals surface area contributed by atoms with Gasteiger partial charge in [-0.25, -0.2) is 0 Å². The van der Waals surface area contributed by atoms with E-state index in [1.807, 2.05) is 6.92 Å². The van der Waals surface area contributed by atoms with Crippen LogP contribution in [-0.2, 0) is 4.79 Å². The minimum Gasteiger partial charge on any atom is -0.392 e. The highest BCUT2D eigenvalue weighted by atomic mass is 32.1. The number of amides is 1. The van der Waals surface area contributed by atoms with Crippen LogP contribution in [0.5, 0.6) is 0 Å². The summed E-state index contributed by atoms with van der Waals surface area (Å²) >= 11 is 4.88. The van der Waals surface area contributed by atoms with E-state index >= 15 is 0 Å². The van der Waals surface area contributed by atoms with E-state index in [-0.39, 0.29) is 11.9 Å². The van der Waals surface area contributed by atoms with Crippen LogP contribution in [0.15, 0.2) is 0 Å². The number of nitrogens with zero attached hydrogens (tertiary/aromatic N) is 2. The summed E-state index contributed by atoms with van der Waals surface area (Å²) in [5, 5.41) is 2.67. The van der Waals surface area contributed by atoms with Crippen LogP contribution in [0.3, 0.4) is 0 Å². The first-order chi connectivity index (χ1) is 7.54. The smallest absolute Gasteiger partial charge is 0.236 e. The molecule has 0 aromatic rings. The Hall–Kier alpha value is -0.720. The summed E-state index contributed by atoms with van der Waals surface area (Å²) in [6, 6.07) is -0.0584. The van der Waals surface area contributed by atoms with Gasteiger partial charge >= 0.3 is 0 Å². The minimum absolute atomic E-state index is 0.0584. The molecule has 0 aliphatic carbocycles. The third-order valence-electron chi connectivity index (χ3n) is 2.96. The highest BCUT2D eigenvalue weighted by Crippen LogP contribution is 2.06. The van der Waals surface area contributed by atoms with Crippen molar-refractivity contribution in [3.05, 3.63) is 0 Å². The van der Waals surface area contributed by atoms with Crippen LogP contribution in [0.4, 0.5) is 0 Å². The fourth-order valence-electron chi connectivity index (χ4n) is 1.90. The lowest BCUT2D eigenvalue weighted by Gasteiger charge is -2.37. The standard InChI is InChI=1S/C10H20N4OS/c1-8(10(15)12-2)14-5-3-13(4-6-14)7-9(11)16/h8H,3-7H2,1-2H3,(H2,11,16)(H,12,15). The van der Waals surface area contributed by atoms with E-state index in [1.165, 1.54) is 0 Å². The summed E-state index contributed by atoms with van der Waals surface area (Å²) in [5.41, 5.74) is 5.50. The zero-order chi connectivity index (χ0) is 12.1. The number of rotatable bonds is 4. The number of likely N-dealkylation sites (N-methyl/N-ethyl adjacent to an activating group) is 1. The molecule has 1 heterocycles. The molecule has 5 nitrogen and oxygen atoms in total. The monoisotopic (exact) mass is 244 g/mol. The van der Waals surface area contributed by atoms with Crippen molar-refractivity contribution in [3.63, 3.8) is 0 Å². The summed E-state index contributed by atoms with van der Waals surface area (Å²) in [6.07, 6.45) is 0. The van der Waals surface area contributed by atoms with Gasteiger partial charge in [-0.2, -0.15) is 0 Å². The molecule has 16 heavy (non-hydrogen) atoms. The predicted octanol–water partition coefficient (Wildman–Crippen LogP) is -0.975. The molecule has 1 fully saturated rings. The van der Waals surface area contributed by atoms with Crippen LogP contribution in [0.2, 0.25) is 0 Å². The van der Waals surface area contributed by atoms with E-state index in [2.05, 4.69) is 15.1 Å². The molecule has 0 aromatic carbocycles. The van der Waals surface area contributed by atoms with Gasteiger partial charge in [0.2, 0.25) is 5.91 Å². The average Bonchev–Trinajstić information content (AvgIpc) is 2.27. The van der Waals surface area contributed by atoms with Crippen molar-refractivity contribution in [3.8, 4) is 0 Å². The van der Waals surface area contributed by atoms with Gasteiger partial charge in [0.15, 0.2) is 0 Å². The molecule has 0 radical (unpaired) electrons. The van der Waals surface area contributed by atoms with Crippen LogP contribution >= 0.6 is 12.2 Å². The Balaban J connectivity index is 2.36. The van der Waals surface area contributed by atoms with Crippen molar-refractivity contribution >= 4 is 23.1 Å². The lowest BCUT2D eigenvalue weighted by atomic mass is 10.2. The van der Waals surface area contributed by atoms with Gasteiger partial charge in [0, 0.05) is 39.8 Å². The first-order valence-electron chi connectivity index (χ1n) is 5.51. The van der Waals surface area contributed by atoms with Crippen LogP contribution in [0.1, 0.15) is 6.92 Å². The fraction of sp³-hybridized carbons (Fsp3) is 0.800. The lowest BCUT2D eigenvalue weighted by molar-refractivity contribution is -0.126. The van der Waals surface area contributed by atoms with Crippen molar-refractivity contribution in [2.75, 3.05) is 39.8 Å². The highest BCUT2D eigenvalue weighted by molar-refractivity contribution is 7.80. The summed E-state index contributed by atoms with van der Waals surface area (Å²) < 4.78 is 0. The van der Waals surface area contributed by atoms with Crippen molar-refractivity contribution < 1.29 is 4.79 Å². The second-order valence-electron chi connectivity index (χ2n) is 4.07. The van der Waals surface area contributed by atoms with Gasteiger partial charge in [0.1, 0.15) is 0 Å². The number of piperazine rings is 1. The Labute approximate surface area is 102 Å². The number of hydrogen-bond acceptors (Lipinski definition) is 4. The van der Waals surface area contributed by atoms with Crippen LogP contribution < -0.4 is 11.1 Å². The molecular formula is C10H20N4OS. The number of thiocarbonyl (C=S) groups is 1. The molecule has 1 saturated heterocycles. The minimum atomic E-state index is -0.0584. The maximum atomic E-state index is 11.5. The second kappa shape index (κ2) is 6.12. The van der Waals surface area contributed by atoms with Crippen LogP contribution in [0, 0.1) is 0 Å². The van der Waals surface area contributed by atoms with E-state index in [4.69, 9.17) is 18.0 Å². The molecule has 1 atom stereocenters. The normalized spacial score (nSPS) is 20.4. The Morgan fingerprint density at radius 2 is 2.00 bits per heavy atom.